The smallest absolute Gasteiger partial charge is 0.308 e. The molecule has 0 aromatic carbocycles. The van der Waals surface area contributed by atoms with Crippen molar-refractivity contribution < 1.29 is 19.5 Å². The number of nitrogens with zero attached hydrogens (tertiary/aromatic N) is 1. The molecule has 2 amide bonds. The van der Waals surface area contributed by atoms with Crippen LogP contribution >= 0.6 is 0 Å². The first-order chi connectivity index (χ1) is 8.90. The fraction of sp³-hybridized carbons (Fsp3) is 0.769. The molecule has 0 bridgehead atoms. The van der Waals surface area contributed by atoms with E-state index in [4.69, 9.17) is 0 Å². The molecule has 1 saturated carbocycles. The highest BCUT2D eigenvalue weighted by Gasteiger charge is 2.47. The highest BCUT2D eigenvalue weighted by atomic mass is 16.4. The second kappa shape index (κ2) is 5.19. The molecule has 19 heavy (non-hydrogen) atoms. The van der Waals surface area contributed by atoms with Crippen LogP contribution in [0.5, 0.6) is 0 Å². The molecule has 2 aliphatic rings. The van der Waals surface area contributed by atoms with Crippen LogP contribution in [0.2, 0.25) is 0 Å². The Hall–Kier alpha value is -1.59. The zero-order valence-corrected chi connectivity index (χ0v) is 11.3. The maximum atomic E-state index is 12.2. The van der Waals surface area contributed by atoms with Gasteiger partial charge in [-0.25, -0.2) is 0 Å². The summed E-state index contributed by atoms with van der Waals surface area (Å²) in [6, 6.07) is -0.593. The average Bonchev–Trinajstić information content (AvgIpc) is 3.06. The maximum Gasteiger partial charge on any atom is 0.308 e. The highest BCUT2D eigenvalue weighted by Crippen LogP contribution is 2.44. The number of amides is 2. The molecule has 6 heteroatoms. The van der Waals surface area contributed by atoms with Gasteiger partial charge in [-0.05, 0) is 31.6 Å². The number of aliphatic carboxylic acids is 1. The predicted molar refractivity (Wildman–Crippen MR) is 67.2 cm³/mol. The van der Waals surface area contributed by atoms with E-state index in [1.165, 1.54) is 6.92 Å². The van der Waals surface area contributed by atoms with E-state index in [0.717, 1.165) is 12.8 Å². The molecule has 2 rings (SSSR count). The van der Waals surface area contributed by atoms with Gasteiger partial charge in [-0.15, -0.1) is 0 Å². The normalized spacial score (nSPS) is 28.0. The van der Waals surface area contributed by atoms with Crippen molar-refractivity contribution in [2.24, 2.45) is 17.8 Å². The predicted octanol–water partition coefficient (Wildman–Crippen LogP) is 0.0802. The summed E-state index contributed by atoms with van der Waals surface area (Å²) in [5, 5.41) is 11.8. The topological polar surface area (TPSA) is 86.7 Å². The van der Waals surface area contributed by atoms with Crippen LogP contribution in [0.15, 0.2) is 0 Å². The number of carbonyl (C=O) groups excluding carboxylic acids is 2. The van der Waals surface area contributed by atoms with Crippen molar-refractivity contribution in [3.05, 3.63) is 0 Å². The minimum absolute atomic E-state index is 0.0750. The maximum absolute atomic E-state index is 12.2. The van der Waals surface area contributed by atoms with Gasteiger partial charge in [0.2, 0.25) is 11.8 Å². The van der Waals surface area contributed by atoms with Crippen molar-refractivity contribution >= 4 is 17.8 Å². The summed E-state index contributed by atoms with van der Waals surface area (Å²) >= 11 is 0. The molecule has 1 aliphatic carbocycles. The second-order valence-corrected chi connectivity index (χ2v) is 5.61. The monoisotopic (exact) mass is 268 g/mol. The largest absolute Gasteiger partial charge is 0.481 e. The minimum atomic E-state index is -0.820. The molecule has 1 aliphatic heterocycles. The number of carboxylic acid groups (broad SMARTS) is 1. The van der Waals surface area contributed by atoms with E-state index in [2.05, 4.69) is 5.32 Å². The van der Waals surface area contributed by atoms with Crippen molar-refractivity contribution in [3.63, 3.8) is 0 Å². The van der Waals surface area contributed by atoms with Gasteiger partial charge in [-0.2, -0.15) is 0 Å². The van der Waals surface area contributed by atoms with Crippen molar-refractivity contribution in [1.29, 1.82) is 0 Å². The molecule has 0 aromatic heterocycles. The molecule has 1 unspecified atom stereocenters. The van der Waals surface area contributed by atoms with Crippen molar-refractivity contribution in [1.82, 2.24) is 10.2 Å². The van der Waals surface area contributed by atoms with Gasteiger partial charge in [-0.1, -0.05) is 0 Å². The summed E-state index contributed by atoms with van der Waals surface area (Å²) in [6.45, 7) is 3.76. The van der Waals surface area contributed by atoms with Crippen LogP contribution in [0.1, 0.15) is 26.7 Å². The Morgan fingerprint density at radius 2 is 1.89 bits per heavy atom. The molecule has 3 atom stereocenters. The minimum Gasteiger partial charge on any atom is -0.481 e. The summed E-state index contributed by atoms with van der Waals surface area (Å²) in [5.41, 5.74) is 0. The Morgan fingerprint density at radius 1 is 1.26 bits per heavy atom. The third kappa shape index (κ3) is 3.05. The van der Waals surface area contributed by atoms with Crippen LogP contribution in [0, 0.1) is 17.8 Å². The van der Waals surface area contributed by atoms with Crippen molar-refractivity contribution in [3.8, 4) is 0 Å². The summed E-state index contributed by atoms with van der Waals surface area (Å²) in [6.07, 6.45) is 2.13. The molecule has 1 heterocycles. The van der Waals surface area contributed by atoms with E-state index in [-0.39, 0.29) is 24.3 Å². The SMILES string of the molecule is CC(=O)NC(C)C(=O)N1C[C@H](C(=O)O)[C@@H](C2CC2)C1. The Kier molecular flexibility index (Phi) is 3.78. The number of hydrogen-bond donors (Lipinski definition) is 2. The molecule has 0 radical (unpaired) electrons. The average molecular weight is 268 g/mol. The Morgan fingerprint density at radius 3 is 2.37 bits per heavy atom. The van der Waals surface area contributed by atoms with E-state index < -0.39 is 17.9 Å². The Labute approximate surface area is 112 Å². The molecule has 106 valence electrons. The number of carboxylic acids is 1. The van der Waals surface area contributed by atoms with Crippen LogP contribution < -0.4 is 5.32 Å². The highest BCUT2D eigenvalue weighted by molar-refractivity contribution is 5.87. The number of likely N-dealkylation sites (tertiary alicyclic amines) is 1. The van der Waals surface area contributed by atoms with Gasteiger partial charge in [-0.3, -0.25) is 14.4 Å². The van der Waals surface area contributed by atoms with Gasteiger partial charge in [0.25, 0.3) is 0 Å². The lowest BCUT2D eigenvalue weighted by Crippen LogP contribution is -2.45. The summed E-state index contributed by atoms with van der Waals surface area (Å²) in [7, 11) is 0. The van der Waals surface area contributed by atoms with Gasteiger partial charge in [0.15, 0.2) is 0 Å². The molecule has 0 aromatic rings. The molecule has 0 spiro atoms. The van der Waals surface area contributed by atoms with E-state index in [1.807, 2.05) is 0 Å². The quantitative estimate of drug-likeness (QED) is 0.756. The van der Waals surface area contributed by atoms with Crippen molar-refractivity contribution in [2.45, 2.75) is 32.7 Å². The van der Waals surface area contributed by atoms with Gasteiger partial charge < -0.3 is 15.3 Å². The van der Waals surface area contributed by atoms with Crippen LogP contribution in [-0.2, 0) is 14.4 Å². The van der Waals surface area contributed by atoms with Gasteiger partial charge in [0, 0.05) is 20.0 Å². The van der Waals surface area contributed by atoms with E-state index in [9.17, 15) is 19.5 Å². The summed E-state index contributed by atoms with van der Waals surface area (Å²) in [4.78, 5) is 35.9. The van der Waals surface area contributed by atoms with Gasteiger partial charge in [0.1, 0.15) is 6.04 Å². The zero-order chi connectivity index (χ0) is 14.2. The lowest BCUT2D eigenvalue weighted by molar-refractivity contribution is -0.143. The fourth-order valence-corrected chi connectivity index (χ4v) is 2.91. The Balaban J connectivity index is 2.00. The molecule has 2 fully saturated rings. The number of hydrogen-bond acceptors (Lipinski definition) is 3. The summed E-state index contributed by atoms with van der Waals surface area (Å²) in [5.74, 6) is -1.19. The second-order valence-electron chi connectivity index (χ2n) is 5.61. The van der Waals surface area contributed by atoms with Crippen LogP contribution in [0.4, 0.5) is 0 Å². The van der Waals surface area contributed by atoms with Gasteiger partial charge >= 0.3 is 5.97 Å². The third-order valence-electron chi connectivity index (χ3n) is 4.01. The molecular formula is C13H20N2O4. The van der Waals surface area contributed by atoms with Crippen LogP contribution in [-0.4, -0.2) is 46.9 Å². The van der Waals surface area contributed by atoms with E-state index >= 15 is 0 Å². The third-order valence-corrected chi connectivity index (χ3v) is 4.01. The van der Waals surface area contributed by atoms with E-state index in [0.29, 0.717) is 12.5 Å². The molecule has 6 nitrogen and oxygen atoms in total. The fourth-order valence-electron chi connectivity index (χ4n) is 2.91. The molecule has 1 saturated heterocycles. The zero-order valence-electron chi connectivity index (χ0n) is 11.3. The van der Waals surface area contributed by atoms with Gasteiger partial charge in [0.05, 0.1) is 5.92 Å². The first-order valence-electron chi connectivity index (χ1n) is 6.69. The Bertz CT molecular complexity index is 405. The number of carbonyl (C=O) groups is 3. The van der Waals surface area contributed by atoms with Crippen molar-refractivity contribution in [2.75, 3.05) is 13.1 Å². The lowest BCUT2D eigenvalue weighted by Gasteiger charge is -2.21. The lowest BCUT2D eigenvalue weighted by atomic mass is 9.92. The standard InChI is InChI=1S/C13H20N2O4/c1-7(14-8(2)16)12(17)15-5-10(9-3-4-9)11(6-15)13(18)19/h7,9-11H,3-6H2,1-2H3,(H,14,16)(H,18,19)/t7?,10-,11+/m1/s1. The molecule has 2 N–H and O–H groups in total. The number of nitrogens with one attached hydrogen (secondary N) is 1. The first kappa shape index (κ1) is 13.8. The van der Waals surface area contributed by atoms with Crippen LogP contribution in [0.25, 0.3) is 0 Å². The van der Waals surface area contributed by atoms with E-state index in [1.54, 1.807) is 11.8 Å². The summed E-state index contributed by atoms with van der Waals surface area (Å²) < 4.78 is 0. The molecular weight excluding hydrogens is 248 g/mol. The van der Waals surface area contributed by atoms with Crippen LogP contribution in [0.3, 0.4) is 0 Å². The first-order valence-corrected chi connectivity index (χ1v) is 6.69. The number of rotatable bonds is 4.